The van der Waals surface area contributed by atoms with E-state index in [4.69, 9.17) is 11.6 Å². The van der Waals surface area contributed by atoms with Crippen molar-refractivity contribution in [1.82, 2.24) is 15.1 Å². The lowest BCUT2D eigenvalue weighted by Crippen LogP contribution is -2.23. The first-order valence-corrected chi connectivity index (χ1v) is 6.41. The van der Waals surface area contributed by atoms with Crippen molar-refractivity contribution in [1.29, 1.82) is 0 Å². The first kappa shape index (κ1) is 13.8. The second-order valence-electron chi connectivity index (χ2n) is 4.47. The maximum atomic E-state index is 11.8. The molecule has 100 valence electrons. The summed E-state index contributed by atoms with van der Waals surface area (Å²) < 4.78 is 1.76. The Kier molecular flexibility index (Phi) is 4.02. The van der Waals surface area contributed by atoms with Gasteiger partial charge < -0.3 is 5.32 Å². The Hall–Kier alpha value is -1.65. The quantitative estimate of drug-likeness (QED) is 0.936. The van der Waals surface area contributed by atoms with E-state index in [1.165, 1.54) is 0 Å². The number of hydrogen-bond donors (Lipinski definition) is 1. The third-order valence-electron chi connectivity index (χ3n) is 2.92. The number of nitrogens with one attached hydrogen (secondary N) is 1. The van der Waals surface area contributed by atoms with Crippen molar-refractivity contribution in [2.24, 2.45) is 0 Å². The van der Waals surface area contributed by atoms with Gasteiger partial charge in [-0.05, 0) is 38.6 Å². The Morgan fingerprint density at radius 1 is 1.32 bits per heavy atom. The summed E-state index contributed by atoms with van der Waals surface area (Å²) >= 11 is 6.04. The minimum atomic E-state index is -0.0530. The summed E-state index contributed by atoms with van der Waals surface area (Å²) in [6, 6.07) is 7.23. The van der Waals surface area contributed by atoms with Crippen LogP contribution in [-0.2, 0) is 6.54 Å². The molecule has 0 aliphatic rings. The zero-order valence-electron chi connectivity index (χ0n) is 11.2. The van der Waals surface area contributed by atoms with E-state index in [9.17, 15) is 4.79 Å². The first-order valence-electron chi connectivity index (χ1n) is 6.04. The second kappa shape index (κ2) is 5.55. The van der Waals surface area contributed by atoms with E-state index in [1.807, 2.05) is 32.0 Å². The largest absolute Gasteiger partial charge is 0.314 e. The van der Waals surface area contributed by atoms with Gasteiger partial charge in [0.25, 0.3) is 0 Å². The summed E-state index contributed by atoms with van der Waals surface area (Å²) in [7, 11) is 1.79. The molecule has 0 amide bonds. The van der Waals surface area contributed by atoms with Crippen molar-refractivity contribution in [2.75, 3.05) is 7.05 Å². The van der Waals surface area contributed by atoms with Crippen LogP contribution in [0.15, 0.2) is 29.1 Å². The van der Waals surface area contributed by atoms with E-state index >= 15 is 0 Å². The van der Waals surface area contributed by atoms with E-state index < -0.39 is 0 Å². The first-order chi connectivity index (χ1) is 9.02. The van der Waals surface area contributed by atoms with Crippen molar-refractivity contribution in [2.45, 2.75) is 20.4 Å². The summed E-state index contributed by atoms with van der Waals surface area (Å²) in [6.07, 6.45) is 0. The van der Waals surface area contributed by atoms with Gasteiger partial charge in [-0.2, -0.15) is 5.10 Å². The number of rotatable bonds is 3. The predicted molar refractivity (Wildman–Crippen MR) is 77.1 cm³/mol. The molecule has 5 heteroatoms. The Morgan fingerprint density at radius 2 is 2.05 bits per heavy atom. The lowest BCUT2D eigenvalue weighted by atomic mass is 10.2. The van der Waals surface area contributed by atoms with Gasteiger partial charge in [0.05, 0.1) is 5.69 Å². The number of nitrogens with zero attached hydrogens (tertiary/aromatic N) is 2. The molecular formula is C14H16ClN3O. The van der Waals surface area contributed by atoms with Crippen LogP contribution in [0.5, 0.6) is 0 Å². The molecule has 1 aromatic carbocycles. The van der Waals surface area contributed by atoms with E-state index in [0.29, 0.717) is 17.3 Å². The number of benzene rings is 1. The van der Waals surface area contributed by atoms with Gasteiger partial charge in [0, 0.05) is 23.3 Å². The number of hydrogen-bond acceptors (Lipinski definition) is 3. The molecule has 2 aromatic rings. The van der Waals surface area contributed by atoms with Crippen LogP contribution in [0.3, 0.4) is 0 Å². The highest BCUT2D eigenvalue weighted by molar-refractivity contribution is 6.30. The van der Waals surface area contributed by atoms with Crippen LogP contribution in [0.1, 0.15) is 17.0 Å². The maximum absolute atomic E-state index is 11.8. The minimum Gasteiger partial charge on any atom is -0.314 e. The molecule has 0 fully saturated rings. The normalized spacial score (nSPS) is 10.7. The lowest BCUT2D eigenvalue weighted by molar-refractivity contribution is 0.702. The zero-order valence-corrected chi connectivity index (χ0v) is 12.0. The average molecular weight is 278 g/mol. The number of aryl methyl sites for hydroxylation is 2. The van der Waals surface area contributed by atoms with Gasteiger partial charge >= 0.3 is 0 Å². The Bertz CT molecular complexity index is 664. The molecule has 2 rings (SSSR count). The average Bonchev–Trinajstić information content (AvgIpc) is 2.36. The molecular weight excluding hydrogens is 262 g/mol. The monoisotopic (exact) mass is 277 g/mol. The fourth-order valence-corrected chi connectivity index (χ4v) is 2.09. The zero-order chi connectivity index (χ0) is 14.0. The molecule has 1 aromatic heterocycles. The van der Waals surface area contributed by atoms with Crippen LogP contribution in [0.2, 0.25) is 5.02 Å². The molecule has 0 atom stereocenters. The van der Waals surface area contributed by atoms with Crippen molar-refractivity contribution in [3.05, 3.63) is 56.5 Å². The molecule has 0 saturated carbocycles. The third kappa shape index (κ3) is 2.85. The van der Waals surface area contributed by atoms with E-state index in [2.05, 4.69) is 10.4 Å². The fraction of sp³-hybridized carbons (Fsp3) is 0.286. The third-order valence-corrected chi connectivity index (χ3v) is 3.16. The van der Waals surface area contributed by atoms with Crippen LogP contribution in [0.25, 0.3) is 5.69 Å². The van der Waals surface area contributed by atoms with Gasteiger partial charge in [-0.25, -0.2) is 4.68 Å². The molecule has 0 spiro atoms. The molecule has 1 heterocycles. The van der Waals surface area contributed by atoms with E-state index in [-0.39, 0.29) is 5.43 Å². The molecule has 0 aliphatic carbocycles. The SMILES string of the molecule is CNCc1nn(-c2cc(Cl)ccc2C)c(C)cc1=O. The maximum Gasteiger partial charge on any atom is 0.204 e. The van der Waals surface area contributed by atoms with Crippen LogP contribution < -0.4 is 10.7 Å². The number of aromatic nitrogens is 2. The van der Waals surface area contributed by atoms with Gasteiger partial charge in [-0.1, -0.05) is 17.7 Å². The topological polar surface area (TPSA) is 46.9 Å². The summed E-state index contributed by atoms with van der Waals surface area (Å²) in [6.45, 7) is 4.29. The van der Waals surface area contributed by atoms with Crippen molar-refractivity contribution in [3.8, 4) is 5.69 Å². The van der Waals surface area contributed by atoms with Gasteiger partial charge in [-0.15, -0.1) is 0 Å². The molecule has 0 saturated heterocycles. The molecule has 1 N–H and O–H groups in total. The summed E-state index contributed by atoms with van der Waals surface area (Å²) in [5.41, 5.74) is 3.17. The van der Waals surface area contributed by atoms with Crippen molar-refractivity contribution in [3.63, 3.8) is 0 Å². The minimum absolute atomic E-state index is 0.0530. The molecule has 0 unspecified atom stereocenters. The Balaban J connectivity index is 2.64. The standard InChI is InChI=1S/C14H16ClN3O/c1-9-4-5-11(15)7-13(9)18-10(2)6-14(19)12(17-18)8-16-3/h4-7,16H,8H2,1-3H3. The predicted octanol–water partition coefficient (Wildman–Crippen LogP) is 2.22. The van der Waals surface area contributed by atoms with Gasteiger partial charge in [0.15, 0.2) is 0 Å². The Morgan fingerprint density at radius 3 is 2.74 bits per heavy atom. The molecule has 19 heavy (non-hydrogen) atoms. The van der Waals surface area contributed by atoms with Gasteiger partial charge in [0.2, 0.25) is 5.43 Å². The van der Waals surface area contributed by atoms with Crippen LogP contribution in [-0.4, -0.2) is 16.8 Å². The van der Waals surface area contributed by atoms with Gasteiger partial charge in [0.1, 0.15) is 5.69 Å². The summed E-state index contributed by atoms with van der Waals surface area (Å²) in [4.78, 5) is 11.8. The van der Waals surface area contributed by atoms with E-state index in [0.717, 1.165) is 16.9 Å². The fourth-order valence-electron chi connectivity index (χ4n) is 1.93. The lowest BCUT2D eigenvalue weighted by Gasteiger charge is -2.13. The molecule has 0 bridgehead atoms. The molecule has 0 radical (unpaired) electrons. The van der Waals surface area contributed by atoms with Crippen LogP contribution >= 0.6 is 11.6 Å². The highest BCUT2D eigenvalue weighted by Crippen LogP contribution is 2.19. The summed E-state index contributed by atoms with van der Waals surface area (Å²) in [5.74, 6) is 0. The summed E-state index contributed by atoms with van der Waals surface area (Å²) in [5, 5.41) is 8.01. The Labute approximate surface area is 117 Å². The second-order valence-corrected chi connectivity index (χ2v) is 4.91. The molecule has 4 nitrogen and oxygen atoms in total. The van der Waals surface area contributed by atoms with Crippen molar-refractivity contribution >= 4 is 11.6 Å². The number of halogens is 1. The molecule has 0 aliphatic heterocycles. The smallest absolute Gasteiger partial charge is 0.204 e. The van der Waals surface area contributed by atoms with Crippen molar-refractivity contribution < 1.29 is 0 Å². The van der Waals surface area contributed by atoms with E-state index in [1.54, 1.807) is 17.8 Å². The highest BCUT2D eigenvalue weighted by atomic mass is 35.5. The van der Waals surface area contributed by atoms with Crippen LogP contribution in [0.4, 0.5) is 0 Å². The van der Waals surface area contributed by atoms with Crippen LogP contribution in [0, 0.1) is 13.8 Å². The highest BCUT2D eigenvalue weighted by Gasteiger charge is 2.09. The van der Waals surface area contributed by atoms with Gasteiger partial charge in [-0.3, -0.25) is 4.79 Å².